The van der Waals surface area contributed by atoms with Gasteiger partial charge in [-0.05, 0) is 24.0 Å². The Hall–Kier alpha value is -0.770. The fourth-order valence-electron chi connectivity index (χ4n) is 1.38. The summed E-state index contributed by atoms with van der Waals surface area (Å²) >= 11 is 0.587. The van der Waals surface area contributed by atoms with Crippen molar-refractivity contribution in [3.63, 3.8) is 0 Å². The average Bonchev–Trinajstić information content (AvgIpc) is 2.18. The summed E-state index contributed by atoms with van der Waals surface area (Å²) in [6.45, 7) is 7.28. The predicted molar refractivity (Wildman–Crippen MR) is 70.9 cm³/mol. The van der Waals surface area contributed by atoms with Gasteiger partial charge in [-0.25, -0.2) is 0 Å². The van der Waals surface area contributed by atoms with Gasteiger partial charge in [0.15, 0.2) is 0 Å². The minimum Gasteiger partial charge on any atom is -0.384 e. The van der Waals surface area contributed by atoms with Crippen molar-refractivity contribution in [2.24, 2.45) is 5.41 Å². The molecule has 96 valence electrons. The van der Waals surface area contributed by atoms with Crippen LogP contribution >= 0.6 is 11.8 Å². The van der Waals surface area contributed by atoms with Crippen LogP contribution in [-0.2, 0) is 0 Å². The summed E-state index contributed by atoms with van der Waals surface area (Å²) < 4.78 is 24.7. The summed E-state index contributed by atoms with van der Waals surface area (Å²) in [5.41, 5.74) is 1.04. The SMILES string of the molecule is CC(C)(C)CCNc1ccccc1SC(F)F. The molecule has 17 heavy (non-hydrogen) atoms. The molecule has 0 bridgehead atoms. The van der Waals surface area contributed by atoms with Crippen molar-refractivity contribution in [1.82, 2.24) is 0 Å². The molecule has 0 heterocycles. The Bertz CT molecular complexity index is 348. The molecule has 0 aliphatic carbocycles. The molecular formula is C13H19F2NS. The first-order chi connectivity index (χ1) is 7.88. The van der Waals surface area contributed by atoms with E-state index in [0.29, 0.717) is 16.7 Å². The molecule has 0 amide bonds. The van der Waals surface area contributed by atoms with Gasteiger partial charge in [0.25, 0.3) is 5.76 Å². The first-order valence-electron chi connectivity index (χ1n) is 5.66. The van der Waals surface area contributed by atoms with Gasteiger partial charge in [-0.3, -0.25) is 0 Å². The van der Waals surface area contributed by atoms with Crippen LogP contribution in [0.1, 0.15) is 27.2 Å². The van der Waals surface area contributed by atoms with Gasteiger partial charge >= 0.3 is 0 Å². The lowest BCUT2D eigenvalue weighted by atomic mass is 9.92. The van der Waals surface area contributed by atoms with Gasteiger partial charge in [-0.15, -0.1) is 0 Å². The lowest BCUT2D eigenvalue weighted by Crippen LogP contribution is -2.13. The van der Waals surface area contributed by atoms with Gasteiger partial charge < -0.3 is 5.32 Å². The van der Waals surface area contributed by atoms with Crippen molar-refractivity contribution in [1.29, 1.82) is 0 Å². The van der Waals surface area contributed by atoms with E-state index in [0.717, 1.165) is 18.7 Å². The van der Waals surface area contributed by atoms with Gasteiger partial charge in [0, 0.05) is 17.1 Å². The van der Waals surface area contributed by atoms with Crippen molar-refractivity contribution in [3.05, 3.63) is 24.3 Å². The second-order valence-electron chi connectivity index (χ2n) is 5.11. The van der Waals surface area contributed by atoms with Crippen LogP contribution in [0.4, 0.5) is 14.5 Å². The first-order valence-corrected chi connectivity index (χ1v) is 6.54. The summed E-state index contributed by atoms with van der Waals surface area (Å²) in [5.74, 6) is -2.37. The van der Waals surface area contributed by atoms with E-state index in [9.17, 15) is 8.78 Å². The molecule has 0 unspecified atom stereocenters. The minimum atomic E-state index is -2.37. The number of anilines is 1. The largest absolute Gasteiger partial charge is 0.384 e. The van der Waals surface area contributed by atoms with Crippen molar-refractivity contribution >= 4 is 17.4 Å². The standard InChI is InChI=1S/C13H19F2NS/c1-13(2,3)8-9-16-10-6-4-5-7-11(10)17-12(14)15/h4-7,12,16H,8-9H2,1-3H3. The Labute approximate surface area is 106 Å². The predicted octanol–water partition coefficient (Wildman–Crippen LogP) is 4.85. The zero-order valence-electron chi connectivity index (χ0n) is 10.5. The number of alkyl halides is 2. The second kappa shape index (κ2) is 6.24. The number of nitrogens with one attached hydrogen (secondary N) is 1. The molecule has 0 saturated heterocycles. The Balaban J connectivity index is 2.58. The molecule has 0 spiro atoms. The molecule has 1 aromatic carbocycles. The highest BCUT2D eigenvalue weighted by atomic mass is 32.2. The average molecular weight is 259 g/mol. The Morgan fingerprint density at radius 2 is 1.88 bits per heavy atom. The summed E-state index contributed by atoms with van der Waals surface area (Å²) in [6, 6.07) is 7.19. The number of hydrogen-bond acceptors (Lipinski definition) is 2. The third-order valence-electron chi connectivity index (χ3n) is 2.29. The fraction of sp³-hybridized carbons (Fsp3) is 0.538. The molecule has 1 N–H and O–H groups in total. The molecule has 1 nitrogen and oxygen atoms in total. The maximum absolute atomic E-state index is 12.3. The third kappa shape index (κ3) is 5.91. The number of hydrogen-bond donors (Lipinski definition) is 1. The molecule has 1 aromatic rings. The fourth-order valence-corrected chi connectivity index (χ4v) is 2.00. The van der Waals surface area contributed by atoms with Crippen LogP contribution in [-0.4, -0.2) is 12.3 Å². The van der Waals surface area contributed by atoms with Crippen molar-refractivity contribution < 1.29 is 8.78 Å². The number of rotatable bonds is 5. The molecule has 4 heteroatoms. The summed E-state index contributed by atoms with van der Waals surface area (Å²) in [5, 5.41) is 3.22. The van der Waals surface area contributed by atoms with E-state index >= 15 is 0 Å². The van der Waals surface area contributed by atoms with Gasteiger partial charge in [-0.2, -0.15) is 8.78 Å². The minimum absolute atomic E-state index is 0.248. The first kappa shape index (κ1) is 14.3. The lowest BCUT2D eigenvalue weighted by Gasteiger charge is -2.19. The molecular weight excluding hydrogens is 240 g/mol. The molecule has 0 aliphatic rings. The topological polar surface area (TPSA) is 12.0 Å². The molecule has 1 rings (SSSR count). The summed E-state index contributed by atoms with van der Waals surface area (Å²) in [7, 11) is 0. The van der Waals surface area contributed by atoms with E-state index in [-0.39, 0.29) is 5.41 Å². The molecule has 0 radical (unpaired) electrons. The Morgan fingerprint density at radius 1 is 1.24 bits per heavy atom. The van der Waals surface area contributed by atoms with Gasteiger partial charge in [-0.1, -0.05) is 44.7 Å². The highest BCUT2D eigenvalue weighted by molar-refractivity contribution is 7.99. The van der Waals surface area contributed by atoms with Crippen molar-refractivity contribution in [2.75, 3.05) is 11.9 Å². The number of para-hydroxylation sites is 1. The van der Waals surface area contributed by atoms with Crippen molar-refractivity contribution in [3.8, 4) is 0 Å². The van der Waals surface area contributed by atoms with Crippen LogP contribution in [0.15, 0.2) is 29.2 Å². The molecule has 0 saturated carbocycles. The zero-order chi connectivity index (χ0) is 12.9. The van der Waals surface area contributed by atoms with E-state index in [4.69, 9.17) is 0 Å². The van der Waals surface area contributed by atoms with E-state index in [1.54, 1.807) is 12.1 Å². The third-order valence-corrected chi connectivity index (χ3v) is 3.08. The van der Waals surface area contributed by atoms with Crippen LogP contribution in [0.2, 0.25) is 0 Å². The maximum atomic E-state index is 12.3. The maximum Gasteiger partial charge on any atom is 0.288 e. The summed E-state index contributed by atoms with van der Waals surface area (Å²) in [6.07, 6.45) is 1.00. The van der Waals surface area contributed by atoms with Gasteiger partial charge in [0.05, 0.1) is 0 Å². The van der Waals surface area contributed by atoms with Gasteiger partial charge in [0.2, 0.25) is 0 Å². The zero-order valence-corrected chi connectivity index (χ0v) is 11.3. The van der Waals surface area contributed by atoms with E-state index in [2.05, 4.69) is 26.1 Å². The molecule has 0 aromatic heterocycles. The molecule has 0 aliphatic heterocycles. The van der Waals surface area contributed by atoms with E-state index in [1.165, 1.54) is 0 Å². The molecule has 0 atom stereocenters. The monoisotopic (exact) mass is 259 g/mol. The van der Waals surface area contributed by atoms with Crippen LogP contribution in [0.3, 0.4) is 0 Å². The lowest BCUT2D eigenvalue weighted by molar-refractivity contribution is 0.252. The van der Waals surface area contributed by atoms with Crippen LogP contribution in [0.5, 0.6) is 0 Å². The van der Waals surface area contributed by atoms with Crippen LogP contribution in [0.25, 0.3) is 0 Å². The van der Waals surface area contributed by atoms with E-state index in [1.807, 2.05) is 12.1 Å². The van der Waals surface area contributed by atoms with Crippen molar-refractivity contribution in [2.45, 2.75) is 37.8 Å². The smallest absolute Gasteiger partial charge is 0.288 e. The normalized spacial score (nSPS) is 11.9. The second-order valence-corrected chi connectivity index (χ2v) is 6.14. The number of thioether (sulfide) groups is 1. The quantitative estimate of drug-likeness (QED) is 0.759. The van der Waals surface area contributed by atoms with Crippen LogP contribution in [0, 0.1) is 5.41 Å². The number of benzene rings is 1. The number of halogens is 2. The van der Waals surface area contributed by atoms with Crippen LogP contribution < -0.4 is 5.32 Å². The highest BCUT2D eigenvalue weighted by Gasteiger charge is 2.11. The highest BCUT2D eigenvalue weighted by Crippen LogP contribution is 2.31. The Morgan fingerprint density at radius 3 is 2.47 bits per heavy atom. The Kier molecular flexibility index (Phi) is 5.25. The molecule has 0 fully saturated rings. The van der Waals surface area contributed by atoms with E-state index < -0.39 is 5.76 Å². The van der Waals surface area contributed by atoms with Gasteiger partial charge in [0.1, 0.15) is 0 Å². The summed E-state index contributed by atoms with van der Waals surface area (Å²) in [4.78, 5) is 0.608.